The summed E-state index contributed by atoms with van der Waals surface area (Å²) in [7, 11) is 1.80. The number of hydrogen-bond acceptors (Lipinski definition) is 4. The Bertz CT molecular complexity index is 266. The Kier molecular flexibility index (Phi) is 3.48. The maximum Gasteiger partial charge on any atom is 0.207 e. The average Bonchev–Trinajstić information content (AvgIpc) is 2.45. The largest absolute Gasteiger partial charge is 0.312 e. The molecule has 1 aromatic heterocycles. The molecular formula is C5H8BrFN4S. The third-order valence-electron chi connectivity index (χ3n) is 1.48. The SMILES string of the molecule is CNC(C)c1nn(SF)nc1Br. The van der Waals surface area contributed by atoms with Gasteiger partial charge in [-0.25, -0.2) is 0 Å². The van der Waals surface area contributed by atoms with Crippen LogP contribution in [0.4, 0.5) is 3.89 Å². The molecular weight excluding hydrogens is 247 g/mol. The second-order valence-corrected chi connectivity index (χ2v) is 3.42. The standard InChI is InChI=1S/C5H8BrFN4S/c1-3(8-2)4-5(6)10-11(9-4)12-7/h3,8H,1-2H3. The van der Waals surface area contributed by atoms with Crippen molar-refractivity contribution >= 4 is 28.3 Å². The Hall–Kier alpha value is -0.140. The van der Waals surface area contributed by atoms with E-state index in [1.165, 1.54) is 0 Å². The molecule has 0 saturated carbocycles. The minimum absolute atomic E-state index is 0.0316. The second-order valence-electron chi connectivity index (χ2n) is 2.21. The van der Waals surface area contributed by atoms with E-state index >= 15 is 0 Å². The molecule has 0 aliphatic rings. The van der Waals surface area contributed by atoms with Crippen LogP contribution in [-0.2, 0) is 0 Å². The first-order valence-electron chi connectivity index (χ1n) is 3.28. The van der Waals surface area contributed by atoms with Crippen LogP contribution in [0.2, 0.25) is 0 Å². The Morgan fingerprint density at radius 2 is 2.33 bits per heavy atom. The zero-order valence-corrected chi connectivity index (χ0v) is 8.99. The van der Waals surface area contributed by atoms with Gasteiger partial charge in [-0.3, -0.25) is 0 Å². The molecule has 0 saturated heterocycles. The van der Waals surface area contributed by atoms with E-state index in [1.54, 1.807) is 7.05 Å². The van der Waals surface area contributed by atoms with E-state index in [1.807, 2.05) is 6.92 Å². The lowest BCUT2D eigenvalue weighted by Crippen LogP contribution is -2.13. The van der Waals surface area contributed by atoms with Crippen molar-refractivity contribution in [1.29, 1.82) is 0 Å². The number of halogens is 2. The number of aromatic nitrogens is 3. The smallest absolute Gasteiger partial charge is 0.207 e. The zero-order chi connectivity index (χ0) is 9.14. The fourth-order valence-corrected chi connectivity index (χ4v) is 1.62. The Labute approximate surface area is 82.5 Å². The number of rotatable bonds is 3. The van der Waals surface area contributed by atoms with Crippen molar-refractivity contribution in [3.63, 3.8) is 0 Å². The summed E-state index contributed by atoms with van der Waals surface area (Å²) in [5, 5.41) is 10.6. The summed E-state index contributed by atoms with van der Waals surface area (Å²) in [5.41, 5.74) is 0.697. The molecule has 12 heavy (non-hydrogen) atoms. The molecule has 68 valence electrons. The quantitative estimate of drug-likeness (QED) is 0.892. The first kappa shape index (κ1) is 9.94. The number of hydrogen-bond donors (Lipinski definition) is 1. The van der Waals surface area contributed by atoms with Gasteiger partial charge in [0.25, 0.3) is 0 Å². The topological polar surface area (TPSA) is 42.7 Å². The molecule has 1 N–H and O–H groups in total. The summed E-state index contributed by atoms with van der Waals surface area (Å²) < 4.78 is 13.5. The van der Waals surface area contributed by atoms with Crippen molar-refractivity contribution in [2.75, 3.05) is 7.05 Å². The molecule has 0 aromatic carbocycles. The minimum Gasteiger partial charge on any atom is -0.312 e. The molecule has 1 heterocycles. The molecule has 1 unspecified atom stereocenters. The van der Waals surface area contributed by atoms with Gasteiger partial charge in [-0.05, 0) is 29.9 Å². The molecule has 1 atom stereocenters. The van der Waals surface area contributed by atoms with Crippen LogP contribution >= 0.6 is 28.3 Å². The van der Waals surface area contributed by atoms with Gasteiger partial charge in [0, 0.05) is 0 Å². The van der Waals surface area contributed by atoms with Crippen LogP contribution in [0.1, 0.15) is 18.7 Å². The molecule has 0 aliphatic heterocycles. The van der Waals surface area contributed by atoms with E-state index in [0.717, 1.165) is 4.20 Å². The Balaban J connectivity index is 2.91. The predicted molar refractivity (Wildman–Crippen MR) is 49.3 cm³/mol. The van der Waals surface area contributed by atoms with Gasteiger partial charge in [0.05, 0.1) is 6.04 Å². The highest BCUT2D eigenvalue weighted by Gasteiger charge is 2.14. The highest BCUT2D eigenvalue weighted by Crippen LogP contribution is 2.20. The third-order valence-corrected chi connectivity index (χ3v) is 2.33. The van der Waals surface area contributed by atoms with Crippen LogP contribution in [0.15, 0.2) is 4.60 Å². The van der Waals surface area contributed by atoms with Gasteiger partial charge in [-0.1, -0.05) is 4.20 Å². The van der Waals surface area contributed by atoms with Gasteiger partial charge < -0.3 is 5.32 Å². The maximum absolute atomic E-state index is 12.0. The lowest BCUT2D eigenvalue weighted by molar-refractivity contribution is 0.624. The second kappa shape index (κ2) is 4.20. The number of nitrogens with one attached hydrogen (secondary N) is 1. The van der Waals surface area contributed by atoms with E-state index in [9.17, 15) is 3.89 Å². The molecule has 0 radical (unpaired) electrons. The molecule has 1 rings (SSSR count). The van der Waals surface area contributed by atoms with E-state index in [2.05, 4.69) is 31.4 Å². The summed E-state index contributed by atoms with van der Waals surface area (Å²) in [4.78, 5) is 0. The van der Waals surface area contributed by atoms with Crippen molar-refractivity contribution in [2.45, 2.75) is 13.0 Å². The molecule has 7 heteroatoms. The van der Waals surface area contributed by atoms with E-state index < -0.39 is 0 Å². The first-order chi connectivity index (χ1) is 5.69. The van der Waals surface area contributed by atoms with Crippen molar-refractivity contribution in [2.24, 2.45) is 0 Å². The minimum atomic E-state index is -0.0316. The van der Waals surface area contributed by atoms with Gasteiger partial charge in [0.1, 0.15) is 5.69 Å². The molecule has 0 aliphatic carbocycles. The molecule has 4 nitrogen and oxygen atoms in total. The third kappa shape index (κ3) is 1.96. The maximum atomic E-state index is 12.0. The Morgan fingerprint density at radius 3 is 2.75 bits per heavy atom. The van der Waals surface area contributed by atoms with E-state index in [0.29, 0.717) is 10.3 Å². The van der Waals surface area contributed by atoms with Crippen molar-refractivity contribution in [1.82, 2.24) is 19.7 Å². The average molecular weight is 255 g/mol. The Morgan fingerprint density at radius 1 is 1.67 bits per heavy atom. The van der Waals surface area contributed by atoms with Crippen LogP contribution in [0.3, 0.4) is 0 Å². The van der Waals surface area contributed by atoms with Crippen molar-refractivity contribution in [3.05, 3.63) is 10.3 Å². The fraction of sp³-hybridized carbons (Fsp3) is 0.600. The molecule has 0 bridgehead atoms. The van der Waals surface area contributed by atoms with Crippen LogP contribution in [-0.4, -0.2) is 21.4 Å². The normalized spacial score (nSPS) is 13.3. The predicted octanol–water partition coefficient (Wildman–Crippen LogP) is 1.70. The zero-order valence-electron chi connectivity index (χ0n) is 6.58. The van der Waals surface area contributed by atoms with Crippen LogP contribution in [0.25, 0.3) is 0 Å². The monoisotopic (exact) mass is 254 g/mol. The summed E-state index contributed by atoms with van der Waals surface area (Å²) in [6.07, 6.45) is 0. The van der Waals surface area contributed by atoms with E-state index in [-0.39, 0.29) is 18.4 Å². The van der Waals surface area contributed by atoms with Crippen LogP contribution in [0, 0.1) is 0 Å². The van der Waals surface area contributed by atoms with Gasteiger partial charge in [-0.15, -0.1) is 14.1 Å². The molecule has 0 amide bonds. The molecule has 0 fully saturated rings. The van der Waals surface area contributed by atoms with Gasteiger partial charge in [0.2, 0.25) is 12.3 Å². The fourth-order valence-electron chi connectivity index (χ4n) is 0.715. The van der Waals surface area contributed by atoms with Gasteiger partial charge >= 0.3 is 0 Å². The lowest BCUT2D eigenvalue weighted by atomic mass is 10.3. The summed E-state index contributed by atoms with van der Waals surface area (Å²) >= 11 is 3.15. The highest BCUT2D eigenvalue weighted by molar-refractivity contribution is 9.10. The molecule has 1 aromatic rings. The summed E-state index contributed by atoms with van der Waals surface area (Å²) in [6.45, 7) is 1.92. The van der Waals surface area contributed by atoms with Gasteiger partial charge in [0.15, 0.2) is 4.60 Å². The van der Waals surface area contributed by atoms with Crippen molar-refractivity contribution in [3.8, 4) is 0 Å². The molecule has 0 spiro atoms. The lowest BCUT2D eigenvalue weighted by Gasteiger charge is -2.04. The van der Waals surface area contributed by atoms with Gasteiger partial charge in [-0.2, -0.15) is 0 Å². The van der Waals surface area contributed by atoms with Crippen LogP contribution < -0.4 is 5.32 Å². The number of nitrogens with zero attached hydrogens (tertiary/aromatic N) is 3. The van der Waals surface area contributed by atoms with Crippen LogP contribution in [0.5, 0.6) is 0 Å². The van der Waals surface area contributed by atoms with E-state index in [4.69, 9.17) is 0 Å². The highest BCUT2D eigenvalue weighted by atomic mass is 79.9. The first-order valence-corrected chi connectivity index (χ1v) is 4.74. The summed E-state index contributed by atoms with van der Waals surface area (Å²) in [6, 6.07) is 0.0558. The van der Waals surface area contributed by atoms with Crippen molar-refractivity contribution < 1.29 is 3.89 Å². The summed E-state index contributed by atoms with van der Waals surface area (Å²) in [5.74, 6) is 0.